The third kappa shape index (κ3) is 3.82. The highest BCUT2D eigenvalue weighted by molar-refractivity contribution is 9.08. The van der Waals surface area contributed by atoms with Gasteiger partial charge in [0.1, 0.15) is 17.1 Å². The third-order valence-electron chi connectivity index (χ3n) is 3.05. The molecule has 1 N–H and O–H groups in total. The van der Waals surface area contributed by atoms with E-state index in [1.807, 2.05) is 24.3 Å². The zero-order valence-electron chi connectivity index (χ0n) is 11.5. The maximum Gasteiger partial charge on any atom is 0.258 e. The molecule has 0 aromatic heterocycles. The molecular weight excluding hydrogens is 337 g/mol. The van der Waals surface area contributed by atoms with Gasteiger partial charge in [0.15, 0.2) is 0 Å². The number of halogens is 2. The first-order chi connectivity index (χ1) is 10.2. The highest BCUT2D eigenvalue weighted by atomic mass is 79.9. The van der Waals surface area contributed by atoms with Crippen molar-refractivity contribution >= 4 is 21.8 Å². The monoisotopic (exact) mass is 351 g/mol. The molecule has 0 saturated carbocycles. The summed E-state index contributed by atoms with van der Waals surface area (Å²) in [6.07, 6.45) is 0. The van der Waals surface area contributed by atoms with Gasteiger partial charge in [-0.15, -0.1) is 0 Å². The zero-order valence-corrected chi connectivity index (χ0v) is 13.1. The van der Waals surface area contributed by atoms with Gasteiger partial charge in [-0.05, 0) is 23.3 Å². The quantitative estimate of drug-likeness (QED) is 0.834. The predicted octanol–water partition coefficient (Wildman–Crippen LogP) is 3.66. The van der Waals surface area contributed by atoms with Crippen molar-refractivity contribution in [2.75, 3.05) is 7.11 Å². The maximum absolute atomic E-state index is 13.8. The van der Waals surface area contributed by atoms with Gasteiger partial charge >= 0.3 is 0 Å². The summed E-state index contributed by atoms with van der Waals surface area (Å²) in [5.41, 5.74) is 2.03. The number of hydrogen-bond donors (Lipinski definition) is 1. The summed E-state index contributed by atoms with van der Waals surface area (Å²) in [7, 11) is 1.41. The number of carbonyl (C=O) groups is 1. The van der Waals surface area contributed by atoms with Gasteiger partial charge in [0.25, 0.3) is 5.91 Å². The third-order valence-corrected chi connectivity index (χ3v) is 3.70. The van der Waals surface area contributed by atoms with Crippen LogP contribution in [0.4, 0.5) is 4.39 Å². The molecule has 3 nitrogen and oxygen atoms in total. The Bertz CT molecular complexity index is 629. The highest BCUT2D eigenvalue weighted by Gasteiger charge is 2.16. The largest absolute Gasteiger partial charge is 0.496 e. The number of amides is 1. The second-order valence-corrected chi connectivity index (χ2v) is 5.01. The lowest BCUT2D eigenvalue weighted by atomic mass is 10.1. The first kappa shape index (κ1) is 15.5. The van der Waals surface area contributed by atoms with Crippen LogP contribution in [0.2, 0.25) is 0 Å². The van der Waals surface area contributed by atoms with Crippen molar-refractivity contribution in [3.8, 4) is 5.75 Å². The molecule has 0 radical (unpaired) electrons. The molecule has 2 aromatic carbocycles. The average molecular weight is 352 g/mol. The van der Waals surface area contributed by atoms with Crippen LogP contribution in [-0.2, 0) is 11.9 Å². The summed E-state index contributed by atoms with van der Waals surface area (Å²) in [4.78, 5) is 12.1. The van der Waals surface area contributed by atoms with Crippen molar-refractivity contribution in [2.24, 2.45) is 0 Å². The molecule has 0 spiro atoms. The number of alkyl halides is 1. The molecule has 2 rings (SSSR count). The molecule has 110 valence electrons. The smallest absolute Gasteiger partial charge is 0.258 e. The Labute approximate surface area is 131 Å². The Morgan fingerprint density at radius 1 is 1.19 bits per heavy atom. The fraction of sp³-hybridized carbons (Fsp3) is 0.188. The van der Waals surface area contributed by atoms with E-state index in [-0.39, 0.29) is 11.3 Å². The summed E-state index contributed by atoms with van der Waals surface area (Å²) in [6, 6.07) is 12.1. The first-order valence-corrected chi connectivity index (χ1v) is 7.52. The number of benzene rings is 2. The molecule has 0 aliphatic carbocycles. The highest BCUT2D eigenvalue weighted by Crippen LogP contribution is 2.21. The van der Waals surface area contributed by atoms with Crippen molar-refractivity contribution < 1.29 is 13.9 Å². The van der Waals surface area contributed by atoms with E-state index >= 15 is 0 Å². The molecule has 0 aliphatic rings. The van der Waals surface area contributed by atoms with E-state index in [2.05, 4.69) is 21.2 Å². The van der Waals surface area contributed by atoms with Crippen molar-refractivity contribution in [1.29, 1.82) is 0 Å². The van der Waals surface area contributed by atoms with Crippen molar-refractivity contribution in [1.82, 2.24) is 5.32 Å². The van der Waals surface area contributed by atoms with Gasteiger partial charge < -0.3 is 10.1 Å². The number of methoxy groups -OCH3 is 1. The fourth-order valence-corrected chi connectivity index (χ4v) is 2.29. The molecule has 1 amide bonds. The zero-order chi connectivity index (χ0) is 15.2. The Morgan fingerprint density at radius 2 is 1.86 bits per heavy atom. The molecule has 0 atom stereocenters. The summed E-state index contributed by atoms with van der Waals surface area (Å²) >= 11 is 3.37. The van der Waals surface area contributed by atoms with Gasteiger partial charge in [0, 0.05) is 11.9 Å². The standard InChI is InChI=1S/C16H15BrFNO2/c1-21-14-4-2-3-13(18)15(14)16(20)19-10-12-7-5-11(9-17)6-8-12/h2-8H,9-10H2,1H3,(H,19,20). The maximum atomic E-state index is 13.8. The number of hydrogen-bond acceptors (Lipinski definition) is 2. The molecule has 0 aliphatic heterocycles. The van der Waals surface area contributed by atoms with Gasteiger partial charge in [-0.1, -0.05) is 46.3 Å². The Morgan fingerprint density at radius 3 is 2.48 bits per heavy atom. The van der Waals surface area contributed by atoms with Crippen LogP contribution in [0.1, 0.15) is 21.5 Å². The van der Waals surface area contributed by atoms with E-state index in [0.29, 0.717) is 6.54 Å². The Balaban J connectivity index is 2.08. The van der Waals surface area contributed by atoms with Crippen LogP contribution in [0.25, 0.3) is 0 Å². The van der Waals surface area contributed by atoms with E-state index in [9.17, 15) is 9.18 Å². The molecule has 0 bridgehead atoms. The first-order valence-electron chi connectivity index (χ1n) is 6.40. The van der Waals surface area contributed by atoms with Gasteiger partial charge in [-0.2, -0.15) is 0 Å². The normalized spacial score (nSPS) is 10.2. The number of rotatable bonds is 5. The fourth-order valence-electron chi connectivity index (χ4n) is 1.91. The van der Waals surface area contributed by atoms with Crippen LogP contribution < -0.4 is 10.1 Å². The van der Waals surface area contributed by atoms with Crippen LogP contribution in [0.15, 0.2) is 42.5 Å². The molecule has 0 saturated heterocycles. The minimum absolute atomic E-state index is 0.0721. The molecule has 2 aromatic rings. The Kier molecular flexibility index (Phi) is 5.33. The summed E-state index contributed by atoms with van der Waals surface area (Å²) in [5.74, 6) is -0.863. The molecule has 0 heterocycles. The summed E-state index contributed by atoms with van der Waals surface area (Å²) < 4.78 is 18.8. The van der Waals surface area contributed by atoms with Gasteiger partial charge in [0.2, 0.25) is 0 Å². The minimum atomic E-state index is -0.596. The van der Waals surface area contributed by atoms with E-state index in [1.54, 1.807) is 6.07 Å². The average Bonchev–Trinajstić information content (AvgIpc) is 2.52. The molecule has 0 unspecified atom stereocenters. The SMILES string of the molecule is COc1cccc(F)c1C(=O)NCc1ccc(CBr)cc1. The van der Waals surface area contributed by atoms with Crippen LogP contribution >= 0.6 is 15.9 Å². The molecular formula is C16H15BrFNO2. The second-order valence-electron chi connectivity index (χ2n) is 4.45. The lowest BCUT2D eigenvalue weighted by Crippen LogP contribution is -2.24. The lowest BCUT2D eigenvalue weighted by Gasteiger charge is -2.10. The van der Waals surface area contributed by atoms with Crippen LogP contribution in [0, 0.1) is 5.82 Å². The number of carbonyl (C=O) groups excluding carboxylic acids is 1. The van der Waals surface area contributed by atoms with Crippen molar-refractivity contribution in [2.45, 2.75) is 11.9 Å². The van der Waals surface area contributed by atoms with Gasteiger partial charge in [-0.3, -0.25) is 4.79 Å². The van der Waals surface area contributed by atoms with E-state index in [0.717, 1.165) is 16.5 Å². The molecule has 0 fully saturated rings. The van der Waals surface area contributed by atoms with Crippen molar-refractivity contribution in [3.05, 3.63) is 65.0 Å². The van der Waals surface area contributed by atoms with E-state index in [4.69, 9.17) is 4.74 Å². The number of nitrogens with one attached hydrogen (secondary N) is 1. The van der Waals surface area contributed by atoms with E-state index < -0.39 is 11.7 Å². The van der Waals surface area contributed by atoms with Crippen molar-refractivity contribution in [3.63, 3.8) is 0 Å². The lowest BCUT2D eigenvalue weighted by molar-refractivity contribution is 0.0943. The van der Waals surface area contributed by atoms with Crippen LogP contribution in [-0.4, -0.2) is 13.0 Å². The Hall–Kier alpha value is -1.88. The van der Waals surface area contributed by atoms with Crippen LogP contribution in [0.3, 0.4) is 0 Å². The predicted molar refractivity (Wildman–Crippen MR) is 83.2 cm³/mol. The summed E-state index contributed by atoms with van der Waals surface area (Å²) in [6.45, 7) is 0.332. The second kappa shape index (κ2) is 7.22. The van der Waals surface area contributed by atoms with Gasteiger partial charge in [0.05, 0.1) is 7.11 Å². The molecule has 21 heavy (non-hydrogen) atoms. The topological polar surface area (TPSA) is 38.3 Å². The minimum Gasteiger partial charge on any atom is -0.496 e. The summed E-state index contributed by atoms with van der Waals surface area (Å²) in [5, 5.41) is 3.48. The van der Waals surface area contributed by atoms with E-state index in [1.165, 1.54) is 19.2 Å². The number of ether oxygens (including phenoxy) is 1. The van der Waals surface area contributed by atoms with Gasteiger partial charge in [-0.25, -0.2) is 4.39 Å². The van der Waals surface area contributed by atoms with Crippen LogP contribution in [0.5, 0.6) is 5.75 Å². The molecule has 5 heteroatoms.